The smallest absolute Gasteiger partial charge is 0.272 e. The molecule has 1 aliphatic heterocycles. The molecule has 37 heavy (non-hydrogen) atoms. The van der Waals surface area contributed by atoms with Crippen molar-refractivity contribution in [1.82, 2.24) is 20.0 Å². The highest BCUT2D eigenvalue weighted by molar-refractivity contribution is 5.94. The molecule has 3 aromatic carbocycles. The Kier molecular flexibility index (Phi) is 7.63. The predicted molar refractivity (Wildman–Crippen MR) is 146 cm³/mol. The zero-order chi connectivity index (χ0) is 25.6. The first-order valence-corrected chi connectivity index (χ1v) is 12.7. The predicted octanol–water partition coefficient (Wildman–Crippen LogP) is 4.13. The average Bonchev–Trinajstić information content (AvgIpc) is 3.30. The van der Waals surface area contributed by atoms with E-state index in [0.29, 0.717) is 25.3 Å². The summed E-state index contributed by atoms with van der Waals surface area (Å²) in [5.41, 5.74) is 7.04. The number of aromatic nitrogens is 2. The maximum Gasteiger partial charge on any atom is 0.272 e. The number of benzene rings is 3. The summed E-state index contributed by atoms with van der Waals surface area (Å²) in [6.07, 6.45) is 0.795. The molecule has 0 spiro atoms. The number of hydrogen-bond acceptors (Lipinski definition) is 5. The van der Waals surface area contributed by atoms with Crippen LogP contribution >= 0.6 is 0 Å². The molecule has 190 valence electrons. The summed E-state index contributed by atoms with van der Waals surface area (Å²) in [6.45, 7) is 3.17. The molecule has 1 aliphatic rings. The van der Waals surface area contributed by atoms with Crippen LogP contribution in [0.3, 0.4) is 0 Å². The average molecular weight is 496 g/mol. The lowest BCUT2D eigenvalue weighted by molar-refractivity contribution is 0.0942. The fourth-order valence-corrected chi connectivity index (χ4v) is 4.89. The van der Waals surface area contributed by atoms with E-state index in [1.54, 1.807) is 4.68 Å². The molecule has 0 unspecified atom stereocenters. The van der Waals surface area contributed by atoms with Crippen molar-refractivity contribution in [3.8, 4) is 0 Å². The van der Waals surface area contributed by atoms with Crippen LogP contribution in [0.4, 0.5) is 11.4 Å². The number of amides is 1. The maximum absolute atomic E-state index is 13.1. The Morgan fingerprint density at radius 1 is 0.946 bits per heavy atom. The van der Waals surface area contributed by atoms with E-state index < -0.39 is 0 Å². The van der Waals surface area contributed by atoms with E-state index in [2.05, 4.69) is 63.7 Å². The Bertz CT molecular complexity index is 1320. The molecule has 0 radical (unpaired) electrons. The first-order valence-electron chi connectivity index (χ1n) is 12.7. The molecule has 0 bridgehead atoms. The monoisotopic (exact) mass is 495 g/mol. The lowest BCUT2D eigenvalue weighted by Gasteiger charge is -2.28. The van der Waals surface area contributed by atoms with Crippen LogP contribution < -0.4 is 10.2 Å². The summed E-state index contributed by atoms with van der Waals surface area (Å²) in [7, 11) is 2.07. The van der Waals surface area contributed by atoms with Gasteiger partial charge in [-0.25, -0.2) is 0 Å². The summed E-state index contributed by atoms with van der Waals surface area (Å²) >= 11 is 0. The minimum absolute atomic E-state index is 0.00726. The molecule has 0 aliphatic carbocycles. The van der Waals surface area contributed by atoms with Gasteiger partial charge in [0.1, 0.15) is 0 Å². The second-order valence-electron chi connectivity index (χ2n) is 9.41. The van der Waals surface area contributed by atoms with Gasteiger partial charge in [0.05, 0.1) is 13.2 Å². The van der Waals surface area contributed by atoms with Crippen molar-refractivity contribution in [2.24, 2.45) is 0 Å². The standard InChI is InChI=1S/C30H33N5O2/c1-33(25-10-6-3-7-11-25)26-14-12-24(13-15-26)21-34-17-16-28-27(22-34)29(32-35(28)18-19-36)30(37)31-20-23-8-4-2-5-9-23/h2-15,36H,16-22H2,1H3,(H,31,37). The number of aliphatic hydroxyl groups excluding tert-OH is 1. The van der Waals surface area contributed by atoms with Gasteiger partial charge in [-0.05, 0) is 35.4 Å². The molecule has 7 heteroatoms. The zero-order valence-electron chi connectivity index (χ0n) is 21.2. The highest BCUT2D eigenvalue weighted by atomic mass is 16.3. The molecule has 0 fully saturated rings. The molecular weight excluding hydrogens is 462 g/mol. The van der Waals surface area contributed by atoms with Crippen molar-refractivity contribution in [3.05, 3.63) is 113 Å². The fourth-order valence-electron chi connectivity index (χ4n) is 4.89. The number of carbonyl (C=O) groups excluding carboxylic acids is 1. The van der Waals surface area contributed by atoms with Crippen LogP contribution in [0.5, 0.6) is 0 Å². The van der Waals surface area contributed by atoms with Crippen LogP contribution in [0.15, 0.2) is 84.9 Å². The first kappa shape index (κ1) is 24.7. The molecule has 0 atom stereocenters. The third kappa shape index (κ3) is 5.74. The van der Waals surface area contributed by atoms with Crippen LogP contribution in [-0.4, -0.2) is 45.9 Å². The van der Waals surface area contributed by atoms with Crippen LogP contribution in [0.1, 0.15) is 32.9 Å². The minimum atomic E-state index is -0.174. The number of hydrogen-bond donors (Lipinski definition) is 2. The zero-order valence-corrected chi connectivity index (χ0v) is 21.2. The Morgan fingerprint density at radius 2 is 1.62 bits per heavy atom. The topological polar surface area (TPSA) is 73.6 Å². The van der Waals surface area contributed by atoms with Gasteiger partial charge in [-0.2, -0.15) is 5.10 Å². The minimum Gasteiger partial charge on any atom is -0.394 e. The van der Waals surface area contributed by atoms with Crippen LogP contribution in [-0.2, 0) is 32.6 Å². The van der Waals surface area contributed by atoms with Crippen LogP contribution in [0, 0.1) is 0 Å². The molecule has 1 amide bonds. The van der Waals surface area contributed by atoms with Crippen molar-refractivity contribution in [1.29, 1.82) is 0 Å². The van der Waals surface area contributed by atoms with Gasteiger partial charge >= 0.3 is 0 Å². The second-order valence-corrected chi connectivity index (χ2v) is 9.41. The highest BCUT2D eigenvalue weighted by Crippen LogP contribution is 2.26. The summed E-state index contributed by atoms with van der Waals surface area (Å²) in [6, 6.07) is 28.8. The van der Waals surface area contributed by atoms with Gasteiger partial charge in [0.2, 0.25) is 0 Å². The van der Waals surface area contributed by atoms with E-state index in [1.807, 2.05) is 48.5 Å². The van der Waals surface area contributed by atoms with Crippen molar-refractivity contribution in [3.63, 3.8) is 0 Å². The van der Waals surface area contributed by atoms with Crippen LogP contribution in [0.2, 0.25) is 0 Å². The van der Waals surface area contributed by atoms with Gasteiger partial charge in [0, 0.05) is 62.3 Å². The summed E-state index contributed by atoms with van der Waals surface area (Å²) < 4.78 is 1.80. The number of para-hydroxylation sites is 1. The van der Waals surface area contributed by atoms with E-state index in [-0.39, 0.29) is 12.5 Å². The third-order valence-electron chi connectivity index (χ3n) is 6.91. The molecule has 0 saturated heterocycles. The number of aliphatic hydroxyl groups is 1. The highest BCUT2D eigenvalue weighted by Gasteiger charge is 2.28. The SMILES string of the molecule is CN(c1ccccc1)c1ccc(CN2CCc3c(c(C(=O)NCc4ccccc4)nn3CCO)C2)cc1. The first-order chi connectivity index (χ1) is 18.1. The third-order valence-corrected chi connectivity index (χ3v) is 6.91. The largest absolute Gasteiger partial charge is 0.394 e. The molecule has 2 N–H and O–H groups in total. The molecule has 0 saturated carbocycles. The summed E-state index contributed by atoms with van der Waals surface area (Å²) in [4.78, 5) is 17.6. The van der Waals surface area contributed by atoms with Crippen molar-refractivity contribution in [2.75, 3.05) is 25.1 Å². The van der Waals surface area contributed by atoms with Gasteiger partial charge in [-0.15, -0.1) is 0 Å². The van der Waals surface area contributed by atoms with Crippen molar-refractivity contribution >= 4 is 17.3 Å². The maximum atomic E-state index is 13.1. The Morgan fingerprint density at radius 3 is 2.32 bits per heavy atom. The number of fused-ring (bicyclic) bond motifs is 1. The van der Waals surface area contributed by atoms with Gasteiger partial charge in [-0.3, -0.25) is 14.4 Å². The van der Waals surface area contributed by atoms with Crippen molar-refractivity contribution < 1.29 is 9.90 Å². The summed E-state index contributed by atoms with van der Waals surface area (Å²) in [5, 5.41) is 17.1. The van der Waals surface area contributed by atoms with Crippen molar-refractivity contribution in [2.45, 2.75) is 32.6 Å². The Labute approximate surface area is 218 Å². The van der Waals surface area contributed by atoms with Gasteiger partial charge in [0.25, 0.3) is 5.91 Å². The number of rotatable bonds is 9. The summed E-state index contributed by atoms with van der Waals surface area (Å²) in [5.74, 6) is -0.174. The molecular formula is C30H33N5O2. The molecule has 1 aromatic heterocycles. The molecule has 7 nitrogen and oxygen atoms in total. The Hall–Kier alpha value is -3.94. The molecule has 4 aromatic rings. The number of nitrogens with one attached hydrogen (secondary N) is 1. The van der Waals surface area contributed by atoms with Crippen LogP contribution in [0.25, 0.3) is 0 Å². The van der Waals surface area contributed by atoms with Gasteiger partial charge in [0.15, 0.2) is 5.69 Å². The van der Waals surface area contributed by atoms with E-state index in [9.17, 15) is 9.90 Å². The fraction of sp³-hybridized carbons (Fsp3) is 0.267. The van der Waals surface area contributed by atoms with E-state index in [4.69, 9.17) is 0 Å². The van der Waals surface area contributed by atoms with E-state index >= 15 is 0 Å². The normalized spacial score (nSPS) is 13.2. The molecule has 2 heterocycles. The number of anilines is 2. The van der Waals surface area contributed by atoms with E-state index in [0.717, 1.165) is 47.7 Å². The molecule has 5 rings (SSSR count). The quantitative estimate of drug-likeness (QED) is 0.365. The number of nitrogens with zero attached hydrogens (tertiary/aromatic N) is 4. The Balaban J connectivity index is 1.28. The van der Waals surface area contributed by atoms with E-state index in [1.165, 1.54) is 5.56 Å². The lowest BCUT2D eigenvalue weighted by atomic mass is 10.0. The number of carbonyl (C=O) groups is 1. The van der Waals surface area contributed by atoms with Gasteiger partial charge in [-0.1, -0.05) is 60.7 Å². The van der Waals surface area contributed by atoms with Gasteiger partial charge < -0.3 is 15.3 Å². The lowest BCUT2D eigenvalue weighted by Crippen LogP contribution is -2.32. The second kappa shape index (κ2) is 11.4.